The molecule has 1 N–H and O–H groups in total. The standard InChI is InChI=1S/C16H23Cl2NOS/c1-19-14(12-9-13(17)21-15(12)18)11-5-8-20-16(10-11)6-3-2-4-7-16/h9,11,14,19H,2-8,10H2,1H3. The molecule has 2 heterocycles. The largest absolute Gasteiger partial charge is 0.375 e. The lowest BCUT2D eigenvalue weighted by Crippen LogP contribution is -2.44. The molecule has 0 amide bonds. The first-order valence-electron chi connectivity index (χ1n) is 7.89. The van der Waals surface area contributed by atoms with Crippen LogP contribution in [0.25, 0.3) is 0 Å². The number of ether oxygens (including phenoxy) is 1. The smallest absolute Gasteiger partial charge is 0.0992 e. The third-order valence-electron chi connectivity index (χ3n) is 5.10. The number of thiophene rings is 1. The van der Waals surface area contributed by atoms with Crippen LogP contribution in [0.15, 0.2) is 6.07 Å². The van der Waals surface area contributed by atoms with Crippen LogP contribution in [-0.2, 0) is 4.74 Å². The minimum absolute atomic E-state index is 0.128. The predicted molar refractivity (Wildman–Crippen MR) is 90.6 cm³/mol. The lowest BCUT2D eigenvalue weighted by molar-refractivity contribution is -0.121. The van der Waals surface area contributed by atoms with Crippen LogP contribution in [0.3, 0.4) is 0 Å². The predicted octanol–water partition coefficient (Wildman–Crippen LogP) is 5.44. The summed E-state index contributed by atoms with van der Waals surface area (Å²) in [6.07, 6.45) is 8.65. The van der Waals surface area contributed by atoms with Crippen LogP contribution in [0.2, 0.25) is 8.67 Å². The topological polar surface area (TPSA) is 21.3 Å². The highest BCUT2D eigenvalue weighted by Crippen LogP contribution is 2.46. The maximum atomic E-state index is 6.38. The number of hydrogen-bond acceptors (Lipinski definition) is 3. The molecule has 2 unspecified atom stereocenters. The van der Waals surface area contributed by atoms with Crippen LogP contribution in [-0.4, -0.2) is 19.3 Å². The SMILES string of the molecule is CNC(c1cc(Cl)sc1Cl)C1CCOC2(CCCCC2)C1. The molecular formula is C16H23Cl2NOS. The molecule has 1 saturated heterocycles. The minimum atomic E-state index is 0.128. The molecule has 1 saturated carbocycles. The normalized spacial score (nSPS) is 26.9. The summed E-state index contributed by atoms with van der Waals surface area (Å²) < 4.78 is 7.81. The van der Waals surface area contributed by atoms with Gasteiger partial charge in [-0.2, -0.15) is 0 Å². The van der Waals surface area contributed by atoms with Crippen molar-refractivity contribution in [3.63, 3.8) is 0 Å². The van der Waals surface area contributed by atoms with Gasteiger partial charge < -0.3 is 10.1 Å². The molecule has 1 aliphatic heterocycles. The maximum absolute atomic E-state index is 6.38. The van der Waals surface area contributed by atoms with Crippen molar-refractivity contribution in [1.29, 1.82) is 0 Å². The van der Waals surface area contributed by atoms with Gasteiger partial charge in [-0.1, -0.05) is 42.5 Å². The van der Waals surface area contributed by atoms with Crippen molar-refractivity contribution in [3.8, 4) is 0 Å². The number of hydrogen-bond donors (Lipinski definition) is 1. The van der Waals surface area contributed by atoms with Crippen molar-refractivity contribution >= 4 is 34.5 Å². The highest BCUT2D eigenvalue weighted by molar-refractivity contribution is 7.20. The van der Waals surface area contributed by atoms with Gasteiger partial charge >= 0.3 is 0 Å². The van der Waals surface area contributed by atoms with Crippen LogP contribution in [0.4, 0.5) is 0 Å². The first-order valence-corrected chi connectivity index (χ1v) is 9.47. The van der Waals surface area contributed by atoms with Crippen molar-refractivity contribution in [2.24, 2.45) is 5.92 Å². The number of halogens is 2. The van der Waals surface area contributed by atoms with Gasteiger partial charge in [0, 0.05) is 18.2 Å². The van der Waals surface area contributed by atoms with Gasteiger partial charge in [-0.05, 0) is 44.7 Å². The zero-order chi connectivity index (χ0) is 14.9. The number of rotatable bonds is 3. The van der Waals surface area contributed by atoms with Crippen molar-refractivity contribution < 1.29 is 4.74 Å². The molecule has 5 heteroatoms. The summed E-state index contributed by atoms with van der Waals surface area (Å²) in [5, 5.41) is 3.47. The van der Waals surface area contributed by atoms with Crippen LogP contribution < -0.4 is 5.32 Å². The van der Waals surface area contributed by atoms with Gasteiger partial charge in [0.2, 0.25) is 0 Å². The van der Waals surface area contributed by atoms with E-state index < -0.39 is 0 Å². The maximum Gasteiger partial charge on any atom is 0.0992 e. The minimum Gasteiger partial charge on any atom is -0.375 e. The number of nitrogens with one attached hydrogen (secondary N) is 1. The fraction of sp³-hybridized carbons (Fsp3) is 0.750. The van der Waals surface area contributed by atoms with Crippen molar-refractivity contribution in [2.45, 2.75) is 56.6 Å². The Morgan fingerprint density at radius 1 is 1.33 bits per heavy atom. The summed E-state index contributed by atoms with van der Waals surface area (Å²) in [7, 11) is 2.02. The molecular weight excluding hydrogens is 325 g/mol. The van der Waals surface area contributed by atoms with Crippen LogP contribution in [0.5, 0.6) is 0 Å². The average molecular weight is 348 g/mol. The van der Waals surface area contributed by atoms with Crippen molar-refractivity contribution in [1.82, 2.24) is 5.32 Å². The highest BCUT2D eigenvalue weighted by Gasteiger charge is 2.41. The van der Waals surface area contributed by atoms with Crippen LogP contribution in [0.1, 0.15) is 56.6 Å². The van der Waals surface area contributed by atoms with Gasteiger partial charge in [-0.3, -0.25) is 0 Å². The van der Waals surface area contributed by atoms with E-state index in [0.29, 0.717) is 5.92 Å². The first-order chi connectivity index (χ1) is 10.1. The highest BCUT2D eigenvalue weighted by atomic mass is 35.5. The summed E-state index contributed by atoms with van der Waals surface area (Å²) in [5.74, 6) is 0.574. The zero-order valence-corrected chi connectivity index (χ0v) is 14.8. The molecule has 2 nitrogen and oxygen atoms in total. The lowest BCUT2D eigenvalue weighted by Gasteiger charge is -2.45. The van der Waals surface area contributed by atoms with Gasteiger partial charge in [-0.15, -0.1) is 11.3 Å². The second kappa shape index (κ2) is 6.76. The molecule has 2 fully saturated rings. The molecule has 1 aromatic rings. The van der Waals surface area contributed by atoms with Crippen LogP contribution in [0, 0.1) is 5.92 Å². The summed E-state index contributed by atoms with van der Waals surface area (Å²) in [6.45, 7) is 0.873. The van der Waals surface area contributed by atoms with Gasteiger partial charge in [0.05, 0.1) is 14.3 Å². The molecule has 0 bridgehead atoms. The average Bonchev–Trinajstić information content (AvgIpc) is 2.80. The molecule has 0 aromatic carbocycles. The summed E-state index contributed by atoms with van der Waals surface area (Å²) in [5.41, 5.74) is 1.29. The van der Waals surface area contributed by atoms with Gasteiger partial charge in [-0.25, -0.2) is 0 Å². The quantitative estimate of drug-likeness (QED) is 0.785. The van der Waals surface area contributed by atoms with E-state index in [2.05, 4.69) is 5.32 Å². The van der Waals surface area contributed by atoms with Crippen LogP contribution >= 0.6 is 34.5 Å². The Morgan fingerprint density at radius 3 is 2.71 bits per heavy atom. The van der Waals surface area contributed by atoms with E-state index in [1.165, 1.54) is 43.4 Å². The van der Waals surface area contributed by atoms with E-state index in [4.69, 9.17) is 27.9 Å². The third kappa shape index (κ3) is 3.42. The summed E-state index contributed by atoms with van der Waals surface area (Å²) >= 11 is 14.0. The Morgan fingerprint density at radius 2 is 2.10 bits per heavy atom. The lowest BCUT2D eigenvalue weighted by atomic mass is 9.73. The monoisotopic (exact) mass is 347 g/mol. The molecule has 21 heavy (non-hydrogen) atoms. The third-order valence-corrected chi connectivity index (χ3v) is 6.61. The molecule has 118 valence electrons. The van der Waals surface area contributed by atoms with Crippen molar-refractivity contribution in [2.75, 3.05) is 13.7 Å². The fourth-order valence-electron chi connectivity index (χ4n) is 4.10. The Kier molecular flexibility index (Phi) is 5.17. The summed E-state index contributed by atoms with van der Waals surface area (Å²) in [4.78, 5) is 0. The fourth-order valence-corrected chi connectivity index (χ4v) is 5.65. The van der Waals surface area contributed by atoms with E-state index >= 15 is 0 Å². The van der Waals surface area contributed by atoms with E-state index in [1.54, 1.807) is 0 Å². The van der Waals surface area contributed by atoms with E-state index in [1.807, 2.05) is 13.1 Å². The van der Waals surface area contributed by atoms with E-state index in [0.717, 1.165) is 33.7 Å². The molecule has 1 spiro atoms. The second-order valence-corrected chi connectivity index (χ2v) is 8.68. The molecule has 1 aliphatic carbocycles. The van der Waals surface area contributed by atoms with Gasteiger partial charge in [0.15, 0.2) is 0 Å². The molecule has 3 rings (SSSR count). The second-order valence-electron chi connectivity index (χ2n) is 6.39. The van der Waals surface area contributed by atoms with E-state index in [9.17, 15) is 0 Å². The molecule has 1 aromatic heterocycles. The van der Waals surface area contributed by atoms with Gasteiger partial charge in [0.25, 0.3) is 0 Å². The molecule has 0 radical (unpaired) electrons. The van der Waals surface area contributed by atoms with Gasteiger partial charge in [0.1, 0.15) is 0 Å². The molecule has 2 aliphatic rings. The molecule has 2 atom stereocenters. The zero-order valence-electron chi connectivity index (χ0n) is 12.5. The Hall–Kier alpha value is 0.200. The van der Waals surface area contributed by atoms with E-state index in [-0.39, 0.29) is 11.6 Å². The van der Waals surface area contributed by atoms with Crippen molar-refractivity contribution in [3.05, 3.63) is 20.3 Å². The Labute approximate surface area is 141 Å². The summed E-state index contributed by atoms with van der Waals surface area (Å²) in [6, 6.07) is 2.31. The Bertz CT molecular complexity index is 479. The Balaban J connectivity index is 1.78. The first kappa shape index (κ1) is 16.1.